The lowest BCUT2D eigenvalue weighted by Crippen LogP contribution is -2.10. The molecular weight excluding hydrogens is 296 g/mol. The van der Waals surface area contributed by atoms with Crippen molar-refractivity contribution in [2.45, 2.75) is 65.7 Å². The van der Waals surface area contributed by atoms with Crippen LogP contribution >= 0.6 is 0 Å². The maximum absolute atomic E-state index is 11.6. The van der Waals surface area contributed by atoms with Gasteiger partial charge in [0.2, 0.25) is 0 Å². The van der Waals surface area contributed by atoms with Gasteiger partial charge >= 0.3 is 5.97 Å². The third-order valence-electron chi connectivity index (χ3n) is 3.82. The summed E-state index contributed by atoms with van der Waals surface area (Å²) in [6.07, 6.45) is 5.62. The Kier molecular flexibility index (Phi) is 7.72. The third kappa shape index (κ3) is 4.53. The van der Waals surface area contributed by atoms with E-state index in [2.05, 4.69) is 6.92 Å². The van der Waals surface area contributed by atoms with E-state index in [1.807, 2.05) is 13.8 Å². The van der Waals surface area contributed by atoms with Gasteiger partial charge in [-0.25, -0.2) is 4.79 Å². The van der Waals surface area contributed by atoms with E-state index < -0.39 is 11.7 Å². The molecule has 0 fully saturated rings. The summed E-state index contributed by atoms with van der Waals surface area (Å²) < 4.78 is 5.76. The maximum atomic E-state index is 11.6. The highest BCUT2D eigenvalue weighted by Gasteiger charge is 2.27. The minimum Gasteiger partial charge on any atom is -0.504 e. The average molecular weight is 324 g/mol. The van der Waals surface area contributed by atoms with Crippen molar-refractivity contribution in [3.8, 4) is 17.2 Å². The molecule has 0 unspecified atom stereocenters. The van der Waals surface area contributed by atoms with Gasteiger partial charge in [-0.15, -0.1) is 0 Å². The van der Waals surface area contributed by atoms with Gasteiger partial charge in [-0.3, -0.25) is 0 Å². The van der Waals surface area contributed by atoms with Crippen molar-refractivity contribution in [3.63, 3.8) is 0 Å². The molecule has 0 aromatic heterocycles. The predicted octanol–water partition coefficient (Wildman–Crippen LogP) is 4.27. The molecule has 0 heterocycles. The Hall–Kier alpha value is -1.91. The molecule has 0 atom stereocenters. The van der Waals surface area contributed by atoms with Gasteiger partial charge < -0.3 is 20.1 Å². The fourth-order valence-corrected chi connectivity index (χ4v) is 2.72. The summed E-state index contributed by atoms with van der Waals surface area (Å²) in [5, 5.41) is 29.8. The van der Waals surface area contributed by atoms with Crippen molar-refractivity contribution >= 4 is 5.97 Å². The van der Waals surface area contributed by atoms with Crippen LogP contribution in [0.2, 0.25) is 0 Å². The van der Waals surface area contributed by atoms with Crippen molar-refractivity contribution in [1.29, 1.82) is 0 Å². The summed E-state index contributed by atoms with van der Waals surface area (Å²) in [6.45, 7) is 6.44. The van der Waals surface area contributed by atoms with Crippen LogP contribution < -0.4 is 4.74 Å². The molecule has 1 aromatic rings. The average Bonchev–Trinajstić information content (AvgIpc) is 2.51. The van der Waals surface area contributed by atoms with Gasteiger partial charge in [0, 0.05) is 11.1 Å². The second kappa shape index (κ2) is 9.28. The standard InChI is InChI=1S/C18H28O5/c1-4-7-8-11-23-17-13(10-6-3)12(9-5-2)15(19)16(20)14(17)18(21)22/h19-20H,4-11H2,1-3H3,(H,21,22). The zero-order valence-corrected chi connectivity index (χ0v) is 14.3. The van der Waals surface area contributed by atoms with Crippen molar-refractivity contribution in [1.82, 2.24) is 0 Å². The number of aromatic hydroxyl groups is 2. The first kappa shape index (κ1) is 19.1. The maximum Gasteiger partial charge on any atom is 0.343 e. The van der Waals surface area contributed by atoms with Crippen molar-refractivity contribution in [2.75, 3.05) is 6.61 Å². The van der Waals surface area contributed by atoms with Crippen LogP contribution in [-0.4, -0.2) is 27.9 Å². The number of carboxylic acids is 1. The lowest BCUT2D eigenvalue weighted by atomic mass is 9.93. The lowest BCUT2D eigenvalue weighted by Gasteiger charge is -2.20. The molecule has 5 nitrogen and oxygen atoms in total. The van der Waals surface area contributed by atoms with Crippen LogP contribution in [0.4, 0.5) is 0 Å². The number of benzene rings is 1. The summed E-state index contributed by atoms with van der Waals surface area (Å²) in [7, 11) is 0. The van der Waals surface area contributed by atoms with Crippen LogP contribution in [-0.2, 0) is 12.8 Å². The smallest absolute Gasteiger partial charge is 0.343 e. The van der Waals surface area contributed by atoms with E-state index in [1.165, 1.54) is 0 Å². The first-order chi connectivity index (χ1) is 11.0. The van der Waals surface area contributed by atoms with E-state index in [1.54, 1.807) is 0 Å². The molecule has 0 saturated carbocycles. The van der Waals surface area contributed by atoms with Crippen LogP contribution in [0.15, 0.2) is 0 Å². The van der Waals surface area contributed by atoms with Gasteiger partial charge in [-0.2, -0.15) is 0 Å². The molecule has 5 heteroatoms. The van der Waals surface area contributed by atoms with Crippen LogP contribution in [0.3, 0.4) is 0 Å². The van der Waals surface area contributed by atoms with Crippen molar-refractivity contribution in [2.24, 2.45) is 0 Å². The molecule has 0 aliphatic rings. The van der Waals surface area contributed by atoms with Gasteiger partial charge in [0.25, 0.3) is 0 Å². The number of carbonyl (C=O) groups is 1. The Morgan fingerprint density at radius 1 is 0.913 bits per heavy atom. The minimum atomic E-state index is -1.29. The van der Waals surface area contributed by atoms with Gasteiger partial charge in [0.05, 0.1) is 6.61 Å². The Morgan fingerprint density at radius 3 is 2.04 bits per heavy atom. The molecule has 0 radical (unpaired) electrons. The highest BCUT2D eigenvalue weighted by molar-refractivity contribution is 5.96. The number of ether oxygens (including phenoxy) is 1. The van der Waals surface area contributed by atoms with Gasteiger partial charge in [0.15, 0.2) is 11.5 Å². The molecule has 0 aliphatic heterocycles. The molecule has 0 amide bonds. The Balaban J connectivity index is 3.41. The molecule has 0 aliphatic carbocycles. The van der Waals surface area contributed by atoms with Gasteiger partial charge in [-0.05, 0) is 19.3 Å². The van der Waals surface area contributed by atoms with Crippen molar-refractivity contribution in [3.05, 3.63) is 16.7 Å². The zero-order chi connectivity index (χ0) is 17.4. The van der Waals surface area contributed by atoms with Crippen LogP contribution in [0, 0.1) is 0 Å². The summed E-state index contributed by atoms with van der Waals surface area (Å²) in [5.41, 5.74) is 0.975. The van der Waals surface area contributed by atoms with E-state index in [0.717, 1.165) is 32.1 Å². The number of carboxylic acid groups (broad SMARTS) is 1. The number of unbranched alkanes of at least 4 members (excludes halogenated alkanes) is 2. The summed E-state index contributed by atoms with van der Waals surface area (Å²) in [6, 6.07) is 0. The number of phenols is 2. The van der Waals surface area contributed by atoms with Gasteiger partial charge in [0.1, 0.15) is 11.3 Å². The molecule has 0 spiro atoms. The zero-order valence-electron chi connectivity index (χ0n) is 14.3. The number of rotatable bonds is 10. The molecule has 0 bridgehead atoms. The monoisotopic (exact) mass is 324 g/mol. The van der Waals surface area contributed by atoms with E-state index in [-0.39, 0.29) is 17.1 Å². The Morgan fingerprint density at radius 2 is 1.52 bits per heavy atom. The molecule has 130 valence electrons. The number of hydrogen-bond acceptors (Lipinski definition) is 4. The second-order valence-corrected chi connectivity index (χ2v) is 5.72. The van der Waals surface area contributed by atoms with Crippen LogP contribution in [0.25, 0.3) is 0 Å². The quantitative estimate of drug-likeness (QED) is 0.442. The molecule has 1 rings (SSSR count). The topological polar surface area (TPSA) is 87.0 Å². The summed E-state index contributed by atoms with van der Waals surface area (Å²) >= 11 is 0. The molecule has 23 heavy (non-hydrogen) atoms. The number of hydrogen-bond donors (Lipinski definition) is 3. The van der Waals surface area contributed by atoms with Gasteiger partial charge in [-0.1, -0.05) is 46.5 Å². The van der Waals surface area contributed by atoms with E-state index in [4.69, 9.17) is 4.74 Å². The van der Waals surface area contributed by atoms with Crippen molar-refractivity contribution < 1.29 is 24.9 Å². The third-order valence-corrected chi connectivity index (χ3v) is 3.82. The fraction of sp³-hybridized carbons (Fsp3) is 0.611. The minimum absolute atomic E-state index is 0.217. The van der Waals surface area contributed by atoms with Crippen LogP contribution in [0.5, 0.6) is 17.2 Å². The predicted molar refractivity (Wildman–Crippen MR) is 89.7 cm³/mol. The fourth-order valence-electron chi connectivity index (χ4n) is 2.72. The van der Waals surface area contributed by atoms with E-state index in [9.17, 15) is 20.1 Å². The lowest BCUT2D eigenvalue weighted by molar-refractivity contribution is 0.0687. The molecule has 3 N–H and O–H groups in total. The molecule has 1 aromatic carbocycles. The highest BCUT2D eigenvalue weighted by Crippen LogP contribution is 2.44. The highest BCUT2D eigenvalue weighted by atomic mass is 16.5. The van der Waals surface area contributed by atoms with E-state index >= 15 is 0 Å². The summed E-state index contributed by atoms with van der Waals surface area (Å²) in [4.78, 5) is 11.6. The van der Waals surface area contributed by atoms with Crippen LogP contribution in [0.1, 0.15) is 74.4 Å². The normalized spacial score (nSPS) is 10.7. The molecule has 0 saturated heterocycles. The molecular formula is C18H28O5. The SMILES string of the molecule is CCCCCOc1c(CCC)c(CCC)c(O)c(O)c1C(=O)O. The van der Waals surface area contributed by atoms with E-state index in [0.29, 0.717) is 30.6 Å². The first-order valence-corrected chi connectivity index (χ1v) is 8.45. The number of phenolic OH excluding ortho intramolecular Hbond substituents is 1. The summed E-state index contributed by atoms with van der Waals surface area (Å²) in [5.74, 6) is -1.99. The second-order valence-electron chi connectivity index (χ2n) is 5.72. The number of aromatic carboxylic acids is 1. The first-order valence-electron chi connectivity index (χ1n) is 8.45. The Labute approximate surface area is 137 Å². The largest absolute Gasteiger partial charge is 0.504 e. The Bertz CT molecular complexity index is 537.